The van der Waals surface area contributed by atoms with Gasteiger partial charge in [-0.25, -0.2) is 0 Å². The smallest absolute Gasteiger partial charge is 0.220 e. The summed E-state index contributed by atoms with van der Waals surface area (Å²) >= 11 is 0. The van der Waals surface area contributed by atoms with E-state index in [9.17, 15) is 9.59 Å². The first-order chi connectivity index (χ1) is 15.6. The van der Waals surface area contributed by atoms with Crippen molar-refractivity contribution in [1.29, 1.82) is 0 Å². The maximum absolute atomic E-state index is 12.6. The van der Waals surface area contributed by atoms with Crippen LogP contribution in [0.4, 0.5) is 0 Å². The summed E-state index contributed by atoms with van der Waals surface area (Å²) in [4.78, 5) is 27.4. The molecule has 1 amide bonds. The minimum absolute atomic E-state index is 0.0184. The zero-order chi connectivity index (χ0) is 22.6. The number of nitrogens with zero attached hydrogens (tertiary/aromatic N) is 1. The van der Waals surface area contributed by atoms with Crippen molar-refractivity contribution in [2.45, 2.75) is 44.6 Å². The summed E-state index contributed by atoms with van der Waals surface area (Å²) < 4.78 is 5.13. The van der Waals surface area contributed by atoms with Crippen molar-refractivity contribution >= 4 is 17.8 Å². The van der Waals surface area contributed by atoms with Crippen molar-refractivity contribution in [3.63, 3.8) is 0 Å². The molecule has 5 nitrogen and oxygen atoms in total. The molecular formula is C27H34N2O3. The van der Waals surface area contributed by atoms with Crippen LogP contribution in [0.15, 0.2) is 60.7 Å². The lowest BCUT2D eigenvalue weighted by molar-refractivity contribution is -0.121. The molecule has 1 heterocycles. The molecule has 2 aromatic rings. The standard InChI is InChI=1S/C27H34N2O3/c1-32-25-17-15-23(16-18-25)26(30)13-8-14-27(31)28-24(21-29-19-5-6-20-29)12-7-11-22-9-3-2-4-10-22/h2-4,7,9-11,15-18,24H,5-6,8,12-14,19-21H2,1H3,(H,28,31)/b11-7+/t24-/m0/s1. The van der Waals surface area contributed by atoms with Crippen LogP contribution in [-0.2, 0) is 4.79 Å². The lowest BCUT2D eigenvalue weighted by Gasteiger charge is -2.23. The molecule has 1 aliphatic heterocycles. The van der Waals surface area contributed by atoms with Crippen LogP contribution in [0.2, 0.25) is 0 Å². The third kappa shape index (κ3) is 7.97. The number of methoxy groups -OCH3 is 1. The Bertz CT molecular complexity index is 872. The van der Waals surface area contributed by atoms with Crippen molar-refractivity contribution in [3.05, 3.63) is 71.8 Å². The number of amides is 1. The SMILES string of the molecule is COc1ccc(C(=O)CCCC(=O)N[C@@H](C/C=C/c2ccccc2)CN2CCCC2)cc1. The Morgan fingerprint density at radius 1 is 1.03 bits per heavy atom. The van der Waals surface area contributed by atoms with E-state index in [2.05, 4.69) is 34.5 Å². The predicted octanol–water partition coefficient (Wildman–Crippen LogP) is 4.73. The number of benzene rings is 2. The van der Waals surface area contributed by atoms with Crippen molar-refractivity contribution in [1.82, 2.24) is 10.2 Å². The van der Waals surface area contributed by atoms with E-state index in [0.717, 1.165) is 37.4 Å². The van der Waals surface area contributed by atoms with Gasteiger partial charge in [-0.05, 0) is 68.6 Å². The molecule has 0 radical (unpaired) electrons. The van der Waals surface area contributed by atoms with Gasteiger partial charge in [-0.15, -0.1) is 0 Å². The molecule has 0 spiro atoms. The minimum atomic E-state index is 0.0184. The van der Waals surface area contributed by atoms with Gasteiger partial charge < -0.3 is 15.0 Å². The van der Waals surface area contributed by atoms with Gasteiger partial charge in [0.15, 0.2) is 5.78 Å². The Morgan fingerprint density at radius 3 is 2.44 bits per heavy atom. The van der Waals surface area contributed by atoms with Gasteiger partial charge in [0.2, 0.25) is 5.91 Å². The fourth-order valence-electron chi connectivity index (χ4n) is 4.02. The summed E-state index contributed by atoms with van der Waals surface area (Å²) in [6.45, 7) is 3.08. The number of nitrogens with one attached hydrogen (secondary N) is 1. The highest BCUT2D eigenvalue weighted by Gasteiger charge is 2.18. The van der Waals surface area contributed by atoms with Gasteiger partial charge in [0, 0.05) is 31.0 Å². The quantitative estimate of drug-likeness (QED) is 0.491. The number of likely N-dealkylation sites (tertiary alicyclic amines) is 1. The molecule has 0 aliphatic carbocycles. The average Bonchev–Trinajstić information content (AvgIpc) is 3.33. The second-order valence-electron chi connectivity index (χ2n) is 8.33. The molecule has 170 valence electrons. The van der Waals surface area contributed by atoms with Crippen LogP contribution < -0.4 is 10.1 Å². The zero-order valence-corrected chi connectivity index (χ0v) is 19.0. The summed E-state index contributed by atoms with van der Waals surface area (Å²) in [5.74, 6) is 0.802. The summed E-state index contributed by atoms with van der Waals surface area (Å²) in [6, 6.07) is 17.4. The number of ether oxygens (including phenoxy) is 1. The molecule has 1 atom stereocenters. The predicted molar refractivity (Wildman–Crippen MR) is 129 cm³/mol. The van der Waals surface area contributed by atoms with E-state index >= 15 is 0 Å². The van der Waals surface area contributed by atoms with Gasteiger partial charge in [0.25, 0.3) is 0 Å². The zero-order valence-electron chi connectivity index (χ0n) is 19.0. The first-order valence-electron chi connectivity index (χ1n) is 11.5. The number of ketones is 1. The highest BCUT2D eigenvalue weighted by atomic mass is 16.5. The second kappa shape index (κ2) is 12.8. The van der Waals surface area contributed by atoms with Crippen LogP contribution in [0.25, 0.3) is 6.08 Å². The molecule has 0 saturated carbocycles. The van der Waals surface area contributed by atoms with Crippen LogP contribution in [-0.4, -0.2) is 49.4 Å². The first kappa shape index (κ1) is 23.7. The fourth-order valence-corrected chi connectivity index (χ4v) is 4.02. The van der Waals surface area contributed by atoms with Crippen LogP contribution in [0.3, 0.4) is 0 Å². The molecule has 3 rings (SSSR count). The summed E-state index contributed by atoms with van der Waals surface area (Å²) in [7, 11) is 1.60. The Hall–Kier alpha value is -2.92. The third-order valence-electron chi connectivity index (χ3n) is 5.79. The average molecular weight is 435 g/mol. The van der Waals surface area contributed by atoms with Gasteiger partial charge >= 0.3 is 0 Å². The van der Waals surface area contributed by atoms with E-state index < -0.39 is 0 Å². The van der Waals surface area contributed by atoms with Crippen LogP contribution in [0, 0.1) is 0 Å². The summed E-state index contributed by atoms with van der Waals surface area (Å²) in [5, 5.41) is 3.20. The Kier molecular flexibility index (Phi) is 9.51. The molecule has 0 aromatic heterocycles. The van der Waals surface area contributed by atoms with E-state index in [1.807, 2.05) is 18.2 Å². The molecule has 1 fully saturated rings. The van der Waals surface area contributed by atoms with E-state index in [1.165, 1.54) is 12.8 Å². The van der Waals surface area contributed by atoms with E-state index in [0.29, 0.717) is 24.8 Å². The molecule has 1 saturated heterocycles. The van der Waals surface area contributed by atoms with Crippen molar-refractivity contribution < 1.29 is 14.3 Å². The van der Waals surface area contributed by atoms with E-state index in [-0.39, 0.29) is 17.7 Å². The number of Topliss-reactive ketones (excluding diaryl/α,β-unsaturated/α-hetero) is 1. The number of hydrogen-bond donors (Lipinski definition) is 1. The Morgan fingerprint density at radius 2 is 1.75 bits per heavy atom. The maximum atomic E-state index is 12.6. The van der Waals surface area contributed by atoms with Crippen LogP contribution in [0.1, 0.15) is 54.4 Å². The van der Waals surface area contributed by atoms with E-state index in [1.54, 1.807) is 31.4 Å². The molecule has 5 heteroatoms. The molecular weight excluding hydrogens is 400 g/mol. The van der Waals surface area contributed by atoms with Gasteiger partial charge in [-0.3, -0.25) is 9.59 Å². The number of carbonyl (C=O) groups is 2. The molecule has 1 aliphatic rings. The highest BCUT2D eigenvalue weighted by Crippen LogP contribution is 2.14. The maximum Gasteiger partial charge on any atom is 0.220 e. The van der Waals surface area contributed by atoms with Crippen molar-refractivity contribution in [2.75, 3.05) is 26.7 Å². The van der Waals surface area contributed by atoms with Crippen molar-refractivity contribution in [2.24, 2.45) is 0 Å². The lowest BCUT2D eigenvalue weighted by Crippen LogP contribution is -2.42. The number of rotatable bonds is 12. The molecule has 0 unspecified atom stereocenters. The second-order valence-corrected chi connectivity index (χ2v) is 8.33. The number of carbonyl (C=O) groups excluding carboxylic acids is 2. The minimum Gasteiger partial charge on any atom is -0.497 e. The van der Waals surface area contributed by atoms with Gasteiger partial charge in [0.05, 0.1) is 7.11 Å². The van der Waals surface area contributed by atoms with Crippen LogP contribution >= 0.6 is 0 Å². The van der Waals surface area contributed by atoms with Crippen LogP contribution in [0.5, 0.6) is 5.75 Å². The van der Waals surface area contributed by atoms with E-state index in [4.69, 9.17) is 4.74 Å². The number of hydrogen-bond acceptors (Lipinski definition) is 4. The summed E-state index contributed by atoms with van der Waals surface area (Å²) in [6.07, 6.45) is 8.78. The largest absolute Gasteiger partial charge is 0.497 e. The lowest BCUT2D eigenvalue weighted by atomic mass is 10.0. The van der Waals surface area contributed by atoms with Gasteiger partial charge in [-0.1, -0.05) is 42.5 Å². The summed E-state index contributed by atoms with van der Waals surface area (Å²) in [5.41, 5.74) is 1.82. The third-order valence-corrected chi connectivity index (χ3v) is 5.79. The fraction of sp³-hybridized carbons (Fsp3) is 0.407. The first-order valence-corrected chi connectivity index (χ1v) is 11.5. The molecule has 0 bridgehead atoms. The highest BCUT2D eigenvalue weighted by molar-refractivity contribution is 5.96. The molecule has 1 N–H and O–H groups in total. The Labute approximate surface area is 191 Å². The van der Waals surface area contributed by atoms with Gasteiger partial charge in [-0.2, -0.15) is 0 Å². The van der Waals surface area contributed by atoms with Crippen molar-refractivity contribution in [3.8, 4) is 5.75 Å². The topological polar surface area (TPSA) is 58.6 Å². The Balaban J connectivity index is 1.46. The molecule has 32 heavy (non-hydrogen) atoms. The monoisotopic (exact) mass is 434 g/mol. The normalized spacial score (nSPS) is 15.0. The van der Waals surface area contributed by atoms with Gasteiger partial charge in [0.1, 0.15) is 5.75 Å². The molecule has 2 aromatic carbocycles.